The van der Waals surface area contributed by atoms with Crippen LogP contribution < -0.4 is 4.72 Å². The zero-order chi connectivity index (χ0) is 12.2. The van der Waals surface area contributed by atoms with Crippen LogP contribution in [-0.2, 0) is 21.2 Å². The fraction of sp³-hybridized carbons (Fsp3) is 0.444. The average molecular weight is 263 g/mol. The Morgan fingerprint density at radius 3 is 2.81 bits per heavy atom. The van der Waals surface area contributed by atoms with Gasteiger partial charge in [0.2, 0.25) is 10.0 Å². The normalized spacial score (nSPS) is 13.6. The minimum Gasteiger partial charge on any atom is -0.480 e. The van der Waals surface area contributed by atoms with E-state index in [1.54, 1.807) is 0 Å². The monoisotopic (exact) mass is 263 g/mol. The highest BCUT2D eigenvalue weighted by Crippen LogP contribution is 2.06. The third-order valence-electron chi connectivity index (χ3n) is 2.11. The van der Waals surface area contributed by atoms with Crippen LogP contribution in [0.2, 0.25) is 0 Å². The van der Waals surface area contributed by atoms with E-state index in [1.807, 2.05) is 16.8 Å². The van der Waals surface area contributed by atoms with Crippen LogP contribution in [0, 0.1) is 0 Å². The van der Waals surface area contributed by atoms with Gasteiger partial charge in [0.05, 0.1) is 0 Å². The van der Waals surface area contributed by atoms with Crippen molar-refractivity contribution in [1.29, 1.82) is 0 Å². The lowest BCUT2D eigenvalue weighted by molar-refractivity contribution is -0.136. The van der Waals surface area contributed by atoms with Gasteiger partial charge in [0.25, 0.3) is 0 Å². The van der Waals surface area contributed by atoms with Crippen LogP contribution in [0.3, 0.4) is 0 Å². The molecule has 1 heterocycles. The van der Waals surface area contributed by atoms with Gasteiger partial charge in [-0.3, -0.25) is 4.79 Å². The summed E-state index contributed by atoms with van der Waals surface area (Å²) in [6.07, 6.45) is 0.565. The Hall–Kier alpha value is -0.920. The minimum absolute atomic E-state index is 0.219. The first-order valence-electron chi connectivity index (χ1n) is 4.66. The highest BCUT2D eigenvalue weighted by atomic mass is 32.2. The molecule has 7 heteroatoms. The van der Waals surface area contributed by atoms with Crippen molar-refractivity contribution in [1.82, 2.24) is 4.72 Å². The quantitative estimate of drug-likeness (QED) is 0.790. The number of hydrogen-bond acceptors (Lipinski definition) is 4. The molecule has 1 aromatic rings. The maximum absolute atomic E-state index is 11.4. The standard InChI is InChI=1S/C9H13NO4S2/c1-7(9(11)12)16(13,14)10-4-2-8-3-5-15-6-8/h3,5-7,10H,2,4H2,1H3,(H,11,12). The van der Waals surface area contributed by atoms with Crippen molar-refractivity contribution in [3.63, 3.8) is 0 Å². The molecule has 0 saturated heterocycles. The van der Waals surface area contributed by atoms with E-state index in [0.717, 1.165) is 12.5 Å². The predicted octanol–water partition coefficient (Wildman–Crippen LogP) is 0.683. The van der Waals surface area contributed by atoms with Crippen molar-refractivity contribution < 1.29 is 18.3 Å². The number of aliphatic carboxylic acids is 1. The first kappa shape index (κ1) is 13.1. The van der Waals surface area contributed by atoms with Crippen LogP contribution in [0.4, 0.5) is 0 Å². The van der Waals surface area contributed by atoms with Crippen molar-refractivity contribution in [2.24, 2.45) is 0 Å². The molecule has 0 aliphatic carbocycles. The summed E-state index contributed by atoms with van der Waals surface area (Å²) < 4.78 is 25.1. The van der Waals surface area contributed by atoms with Crippen molar-refractivity contribution >= 4 is 27.3 Å². The summed E-state index contributed by atoms with van der Waals surface area (Å²) >= 11 is 1.54. The van der Waals surface area contributed by atoms with Crippen LogP contribution >= 0.6 is 11.3 Å². The number of nitrogens with one attached hydrogen (secondary N) is 1. The summed E-state index contributed by atoms with van der Waals surface area (Å²) in [7, 11) is -3.76. The summed E-state index contributed by atoms with van der Waals surface area (Å²) in [5.74, 6) is -1.34. The molecule has 0 fully saturated rings. The second kappa shape index (κ2) is 5.42. The van der Waals surface area contributed by atoms with Crippen molar-refractivity contribution in [3.8, 4) is 0 Å². The molecule has 1 rings (SSSR count). The molecule has 5 nitrogen and oxygen atoms in total. The van der Waals surface area contributed by atoms with E-state index in [-0.39, 0.29) is 6.54 Å². The van der Waals surface area contributed by atoms with Gasteiger partial charge in [-0.05, 0) is 35.7 Å². The molecule has 0 radical (unpaired) electrons. The second-order valence-corrected chi connectivity index (χ2v) is 6.17. The van der Waals surface area contributed by atoms with Crippen LogP contribution in [0.15, 0.2) is 16.8 Å². The second-order valence-electron chi connectivity index (χ2n) is 3.30. The molecular formula is C9H13NO4S2. The Morgan fingerprint density at radius 2 is 2.31 bits per heavy atom. The lowest BCUT2D eigenvalue weighted by atomic mass is 10.2. The molecule has 16 heavy (non-hydrogen) atoms. The molecule has 1 aromatic heterocycles. The van der Waals surface area contributed by atoms with Gasteiger partial charge in [0.15, 0.2) is 5.25 Å². The zero-order valence-electron chi connectivity index (χ0n) is 8.71. The van der Waals surface area contributed by atoms with Crippen molar-refractivity contribution in [2.75, 3.05) is 6.54 Å². The summed E-state index contributed by atoms with van der Waals surface area (Å²) in [6.45, 7) is 1.37. The van der Waals surface area contributed by atoms with Gasteiger partial charge in [0.1, 0.15) is 0 Å². The fourth-order valence-electron chi connectivity index (χ4n) is 1.03. The molecule has 0 bridgehead atoms. The highest BCUT2D eigenvalue weighted by Gasteiger charge is 2.26. The molecular weight excluding hydrogens is 250 g/mol. The lowest BCUT2D eigenvalue weighted by Crippen LogP contribution is -2.38. The maximum atomic E-state index is 11.4. The Balaban J connectivity index is 2.46. The van der Waals surface area contributed by atoms with E-state index >= 15 is 0 Å². The SMILES string of the molecule is CC(C(=O)O)S(=O)(=O)NCCc1ccsc1. The maximum Gasteiger partial charge on any atom is 0.323 e. The van der Waals surface area contributed by atoms with E-state index < -0.39 is 21.2 Å². The van der Waals surface area contributed by atoms with Gasteiger partial charge in [-0.1, -0.05) is 0 Å². The molecule has 90 valence electrons. The van der Waals surface area contributed by atoms with E-state index in [4.69, 9.17) is 5.11 Å². The summed E-state index contributed by atoms with van der Waals surface area (Å²) in [6, 6.07) is 1.90. The van der Waals surface area contributed by atoms with Crippen LogP contribution in [-0.4, -0.2) is 31.3 Å². The van der Waals surface area contributed by atoms with Gasteiger partial charge in [-0.15, -0.1) is 0 Å². The molecule has 2 N–H and O–H groups in total. The number of hydrogen-bond donors (Lipinski definition) is 2. The molecule has 1 unspecified atom stereocenters. The Bertz CT molecular complexity index is 438. The van der Waals surface area contributed by atoms with Crippen LogP contribution in [0.5, 0.6) is 0 Å². The molecule has 0 amide bonds. The Kier molecular flexibility index (Phi) is 4.45. The van der Waals surface area contributed by atoms with Gasteiger partial charge < -0.3 is 5.11 Å². The summed E-state index contributed by atoms with van der Waals surface area (Å²) in [4.78, 5) is 10.5. The molecule has 0 aliphatic rings. The molecule has 0 saturated carbocycles. The molecule has 1 atom stereocenters. The Morgan fingerprint density at radius 1 is 1.62 bits per heavy atom. The lowest BCUT2D eigenvalue weighted by Gasteiger charge is -2.09. The number of carboxylic acids is 1. The average Bonchev–Trinajstić information content (AvgIpc) is 2.69. The van der Waals surface area contributed by atoms with E-state index in [2.05, 4.69) is 4.72 Å². The van der Waals surface area contributed by atoms with E-state index in [9.17, 15) is 13.2 Å². The first-order chi connectivity index (χ1) is 7.43. The largest absolute Gasteiger partial charge is 0.480 e. The van der Waals surface area contributed by atoms with Gasteiger partial charge in [-0.2, -0.15) is 11.3 Å². The number of rotatable bonds is 6. The predicted molar refractivity (Wildman–Crippen MR) is 62.0 cm³/mol. The van der Waals surface area contributed by atoms with E-state index in [1.165, 1.54) is 11.3 Å². The van der Waals surface area contributed by atoms with E-state index in [0.29, 0.717) is 6.42 Å². The van der Waals surface area contributed by atoms with Crippen LogP contribution in [0.25, 0.3) is 0 Å². The van der Waals surface area contributed by atoms with Crippen molar-refractivity contribution in [2.45, 2.75) is 18.6 Å². The van der Waals surface area contributed by atoms with Crippen molar-refractivity contribution in [3.05, 3.63) is 22.4 Å². The first-order valence-corrected chi connectivity index (χ1v) is 7.15. The van der Waals surface area contributed by atoms with Crippen LogP contribution in [0.1, 0.15) is 12.5 Å². The number of sulfonamides is 1. The molecule has 0 aromatic carbocycles. The zero-order valence-corrected chi connectivity index (χ0v) is 10.3. The Labute approximate surface area is 98.2 Å². The summed E-state index contributed by atoms with van der Waals surface area (Å²) in [5, 5.41) is 11.0. The van der Waals surface area contributed by atoms with Gasteiger partial charge in [-0.25, -0.2) is 13.1 Å². The fourth-order valence-corrected chi connectivity index (χ4v) is 2.64. The number of carbonyl (C=O) groups is 1. The number of carboxylic acid groups (broad SMARTS) is 1. The third-order valence-corrected chi connectivity index (χ3v) is 4.58. The smallest absolute Gasteiger partial charge is 0.323 e. The number of thiophene rings is 1. The topological polar surface area (TPSA) is 83.5 Å². The summed E-state index contributed by atoms with van der Waals surface area (Å²) in [5.41, 5.74) is 1.04. The van der Waals surface area contributed by atoms with Gasteiger partial charge >= 0.3 is 5.97 Å². The minimum atomic E-state index is -3.76. The highest BCUT2D eigenvalue weighted by molar-refractivity contribution is 7.90. The third kappa shape index (κ3) is 3.58. The molecule has 0 aliphatic heterocycles. The molecule has 0 spiro atoms. The van der Waals surface area contributed by atoms with Gasteiger partial charge in [0, 0.05) is 6.54 Å².